The molecule has 3 heteroatoms. The molecule has 20 heavy (non-hydrogen) atoms. The number of carbonyl (C=O) groups is 1. The molecule has 0 spiro atoms. The van der Waals surface area contributed by atoms with Gasteiger partial charge < -0.3 is 10.0 Å². The molecule has 1 fully saturated rings. The summed E-state index contributed by atoms with van der Waals surface area (Å²) < 4.78 is 0. The molecule has 0 saturated carbocycles. The Morgan fingerprint density at radius 2 is 2.05 bits per heavy atom. The second-order valence-electron chi connectivity index (χ2n) is 6.16. The van der Waals surface area contributed by atoms with E-state index in [1.54, 1.807) is 0 Å². The molecule has 1 heterocycles. The maximum absolute atomic E-state index is 12.7. The molecule has 2 atom stereocenters. The van der Waals surface area contributed by atoms with E-state index in [4.69, 9.17) is 0 Å². The van der Waals surface area contributed by atoms with Crippen molar-refractivity contribution in [2.45, 2.75) is 26.7 Å². The minimum absolute atomic E-state index is 0.0369. The van der Waals surface area contributed by atoms with Gasteiger partial charge in [-0.2, -0.15) is 0 Å². The average molecular weight is 275 g/mol. The molecular weight excluding hydrogens is 250 g/mol. The van der Waals surface area contributed by atoms with Crippen LogP contribution in [0.25, 0.3) is 0 Å². The first-order chi connectivity index (χ1) is 9.61. The van der Waals surface area contributed by atoms with E-state index in [1.165, 1.54) is 5.56 Å². The third-order valence-electron chi connectivity index (χ3n) is 4.28. The number of hydrogen-bond donors (Lipinski definition) is 1. The smallest absolute Gasteiger partial charge is 0.226 e. The van der Waals surface area contributed by atoms with Gasteiger partial charge in [-0.05, 0) is 24.3 Å². The normalized spacial score (nSPS) is 20.4. The number of rotatable bonds is 5. The highest BCUT2D eigenvalue weighted by Crippen LogP contribution is 2.24. The molecule has 1 saturated heterocycles. The topological polar surface area (TPSA) is 40.5 Å². The molecule has 0 aromatic heterocycles. The fraction of sp³-hybridized carbons (Fsp3) is 0.588. The minimum atomic E-state index is 0.0369. The number of carbonyl (C=O) groups excluding carboxylic acids is 1. The van der Waals surface area contributed by atoms with E-state index in [0.29, 0.717) is 12.5 Å². The molecule has 1 amide bonds. The van der Waals surface area contributed by atoms with Gasteiger partial charge in [-0.1, -0.05) is 44.2 Å². The predicted molar refractivity (Wildman–Crippen MR) is 80.2 cm³/mol. The first kappa shape index (κ1) is 15.0. The van der Waals surface area contributed by atoms with Crippen molar-refractivity contribution in [3.8, 4) is 0 Å². The summed E-state index contributed by atoms with van der Waals surface area (Å²) in [5.74, 6) is 0.883. The SMILES string of the molecule is CC(C)C(Cc1ccccc1)C(=O)N1CCC(CO)C1. The number of benzene rings is 1. The Balaban J connectivity index is 2.03. The Labute approximate surface area is 121 Å². The van der Waals surface area contributed by atoms with Gasteiger partial charge in [-0.15, -0.1) is 0 Å². The van der Waals surface area contributed by atoms with Crippen LogP contribution < -0.4 is 0 Å². The van der Waals surface area contributed by atoms with Gasteiger partial charge in [0.2, 0.25) is 5.91 Å². The highest BCUT2D eigenvalue weighted by atomic mass is 16.3. The number of aliphatic hydroxyl groups is 1. The number of aliphatic hydroxyl groups excluding tert-OH is 1. The lowest BCUT2D eigenvalue weighted by molar-refractivity contribution is -0.136. The summed E-state index contributed by atoms with van der Waals surface area (Å²) in [5, 5.41) is 9.21. The van der Waals surface area contributed by atoms with Gasteiger partial charge in [-0.3, -0.25) is 4.79 Å². The van der Waals surface area contributed by atoms with Crippen LogP contribution in [0.1, 0.15) is 25.8 Å². The largest absolute Gasteiger partial charge is 0.396 e. The maximum atomic E-state index is 12.7. The van der Waals surface area contributed by atoms with Gasteiger partial charge >= 0.3 is 0 Å². The Kier molecular flexibility index (Phi) is 5.18. The van der Waals surface area contributed by atoms with Crippen LogP contribution >= 0.6 is 0 Å². The lowest BCUT2D eigenvalue weighted by Gasteiger charge is -2.26. The summed E-state index contributed by atoms with van der Waals surface area (Å²) in [4.78, 5) is 14.6. The van der Waals surface area contributed by atoms with E-state index in [0.717, 1.165) is 19.4 Å². The minimum Gasteiger partial charge on any atom is -0.396 e. The average Bonchev–Trinajstić information content (AvgIpc) is 2.94. The second kappa shape index (κ2) is 6.89. The fourth-order valence-electron chi connectivity index (χ4n) is 2.89. The van der Waals surface area contributed by atoms with Gasteiger partial charge in [0.25, 0.3) is 0 Å². The van der Waals surface area contributed by atoms with Crippen molar-refractivity contribution in [2.24, 2.45) is 17.8 Å². The quantitative estimate of drug-likeness (QED) is 0.896. The summed E-state index contributed by atoms with van der Waals surface area (Å²) in [5.41, 5.74) is 1.22. The monoisotopic (exact) mass is 275 g/mol. The van der Waals surface area contributed by atoms with Gasteiger partial charge in [0.15, 0.2) is 0 Å². The second-order valence-corrected chi connectivity index (χ2v) is 6.16. The molecule has 0 bridgehead atoms. The van der Waals surface area contributed by atoms with Crippen LogP contribution in [0.5, 0.6) is 0 Å². The molecule has 110 valence electrons. The lowest BCUT2D eigenvalue weighted by Crippen LogP contribution is -2.38. The van der Waals surface area contributed by atoms with Crippen LogP contribution in [0.3, 0.4) is 0 Å². The van der Waals surface area contributed by atoms with Gasteiger partial charge in [0.1, 0.15) is 0 Å². The number of nitrogens with zero attached hydrogens (tertiary/aromatic N) is 1. The van der Waals surface area contributed by atoms with Gasteiger partial charge in [-0.25, -0.2) is 0 Å². The Bertz CT molecular complexity index is 430. The van der Waals surface area contributed by atoms with E-state index < -0.39 is 0 Å². The number of likely N-dealkylation sites (tertiary alicyclic amines) is 1. The van der Waals surface area contributed by atoms with Crippen molar-refractivity contribution in [2.75, 3.05) is 19.7 Å². The predicted octanol–water partition coefficient (Wildman–Crippen LogP) is 2.34. The molecule has 0 radical (unpaired) electrons. The van der Waals surface area contributed by atoms with Crippen molar-refractivity contribution in [1.29, 1.82) is 0 Å². The summed E-state index contributed by atoms with van der Waals surface area (Å²) in [6.07, 6.45) is 1.73. The zero-order chi connectivity index (χ0) is 14.5. The van der Waals surface area contributed by atoms with Crippen molar-refractivity contribution in [1.82, 2.24) is 4.90 Å². The first-order valence-corrected chi connectivity index (χ1v) is 7.55. The van der Waals surface area contributed by atoms with E-state index in [9.17, 15) is 9.90 Å². The van der Waals surface area contributed by atoms with E-state index in [-0.39, 0.29) is 24.3 Å². The van der Waals surface area contributed by atoms with Crippen LogP contribution in [0.15, 0.2) is 30.3 Å². The zero-order valence-corrected chi connectivity index (χ0v) is 12.5. The third-order valence-corrected chi connectivity index (χ3v) is 4.28. The lowest BCUT2D eigenvalue weighted by atomic mass is 9.88. The van der Waals surface area contributed by atoms with Crippen molar-refractivity contribution < 1.29 is 9.90 Å². The highest BCUT2D eigenvalue weighted by molar-refractivity contribution is 5.79. The summed E-state index contributed by atoms with van der Waals surface area (Å²) in [6, 6.07) is 10.2. The Morgan fingerprint density at radius 1 is 1.35 bits per heavy atom. The summed E-state index contributed by atoms with van der Waals surface area (Å²) >= 11 is 0. The third kappa shape index (κ3) is 3.60. The van der Waals surface area contributed by atoms with Crippen LogP contribution in [0.4, 0.5) is 0 Å². The van der Waals surface area contributed by atoms with E-state index >= 15 is 0 Å². The maximum Gasteiger partial charge on any atom is 0.226 e. The molecule has 1 N–H and O–H groups in total. The molecule has 1 aliphatic heterocycles. The van der Waals surface area contributed by atoms with Crippen LogP contribution in [0, 0.1) is 17.8 Å². The molecule has 2 unspecified atom stereocenters. The van der Waals surface area contributed by atoms with Gasteiger partial charge in [0.05, 0.1) is 0 Å². The summed E-state index contributed by atoms with van der Waals surface area (Å²) in [6.45, 7) is 5.93. The first-order valence-electron chi connectivity index (χ1n) is 7.55. The van der Waals surface area contributed by atoms with Crippen molar-refractivity contribution in [3.05, 3.63) is 35.9 Å². The molecule has 1 aromatic rings. The van der Waals surface area contributed by atoms with Crippen LogP contribution in [-0.2, 0) is 11.2 Å². The molecule has 1 aromatic carbocycles. The standard InChI is InChI=1S/C17H25NO2/c1-13(2)16(10-14-6-4-3-5-7-14)17(20)18-9-8-15(11-18)12-19/h3-7,13,15-16,19H,8-12H2,1-2H3. The van der Waals surface area contributed by atoms with Crippen molar-refractivity contribution >= 4 is 5.91 Å². The molecule has 3 nitrogen and oxygen atoms in total. The number of hydrogen-bond acceptors (Lipinski definition) is 2. The van der Waals surface area contributed by atoms with Crippen LogP contribution in [0.2, 0.25) is 0 Å². The van der Waals surface area contributed by atoms with E-state index in [2.05, 4.69) is 26.0 Å². The van der Waals surface area contributed by atoms with Crippen LogP contribution in [-0.4, -0.2) is 35.6 Å². The molecule has 0 aliphatic carbocycles. The van der Waals surface area contributed by atoms with Crippen molar-refractivity contribution in [3.63, 3.8) is 0 Å². The zero-order valence-electron chi connectivity index (χ0n) is 12.5. The molecule has 1 aliphatic rings. The highest BCUT2D eigenvalue weighted by Gasteiger charge is 2.32. The fourth-order valence-corrected chi connectivity index (χ4v) is 2.89. The van der Waals surface area contributed by atoms with E-state index in [1.807, 2.05) is 23.1 Å². The Hall–Kier alpha value is -1.35. The Morgan fingerprint density at radius 3 is 2.60 bits per heavy atom. The van der Waals surface area contributed by atoms with Gasteiger partial charge in [0, 0.05) is 31.5 Å². The summed E-state index contributed by atoms with van der Waals surface area (Å²) in [7, 11) is 0. The molecular formula is C17H25NO2. The number of amides is 1. The molecule has 2 rings (SSSR count).